The Morgan fingerprint density at radius 3 is 2.74 bits per heavy atom. The van der Waals surface area contributed by atoms with Crippen molar-refractivity contribution in [3.63, 3.8) is 0 Å². The molecule has 0 aliphatic rings. The molecule has 1 aromatic heterocycles. The summed E-state index contributed by atoms with van der Waals surface area (Å²) >= 11 is 0. The van der Waals surface area contributed by atoms with Crippen molar-refractivity contribution in [2.75, 3.05) is 17.2 Å². The van der Waals surface area contributed by atoms with Gasteiger partial charge < -0.3 is 10.6 Å². The van der Waals surface area contributed by atoms with Crippen molar-refractivity contribution >= 4 is 11.8 Å². The minimum atomic E-state index is 0.509. The average Bonchev–Trinajstić information content (AvgIpc) is 2.45. The molecule has 98 valence electrons. The highest BCUT2D eigenvalue weighted by atomic mass is 15.3. The van der Waals surface area contributed by atoms with Crippen LogP contribution in [0.4, 0.5) is 11.8 Å². The lowest BCUT2D eigenvalue weighted by molar-refractivity contribution is 0.944. The van der Waals surface area contributed by atoms with Crippen LogP contribution in [0.5, 0.6) is 0 Å². The van der Waals surface area contributed by atoms with E-state index in [2.05, 4.69) is 63.6 Å². The fourth-order valence-corrected chi connectivity index (χ4v) is 1.53. The molecule has 19 heavy (non-hydrogen) atoms. The Kier molecular flexibility index (Phi) is 4.44. The number of nitrogens with zero attached hydrogens (tertiary/aromatic N) is 3. The van der Waals surface area contributed by atoms with Crippen LogP contribution in [-0.2, 0) is 6.54 Å². The maximum atomic E-state index is 4.30. The third-order valence-electron chi connectivity index (χ3n) is 2.56. The highest BCUT2D eigenvalue weighted by Gasteiger charge is 1.99. The van der Waals surface area contributed by atoms with Crippen LogP contribution in [0.2, 0.25) is 0 Å². The Labute approximate surface area is 112 Å². The first kappa shape index (κ1) is 13.0. The van der Waals surface area contributed by atoms with Gasteiger partial charge >= 0.3 is 0 Å². The van der Waals surface area contributed by atoms with Crippen LogP contribution in [0, 0.1) is 6.92 Å². The van der Waals surface area contributed by atoms with Gasteiger partial charge in [-0.15, -0.1) is 11.7 Å². The highest BCUT2D eigenvalue weighted by molar-refractivity contribution is 5.38. The van der Waals surface area contributed by atoms with Crippen LogP contribution in [-0.4, -0.2) is 21.7 Å². The molecular weight excluding hydrogens is 238 g/mol. The fourth-order valence-electron chi connectivity index (χ4n) is 1.53. The van der Waals surface area contributed by atoms with Crippen molar-refractivity contribution in [3.8, 4) is 0 Å². The zero-order valence-electron chi connectivity index (χ0n) is 10.9. The molecular formula is C14H17N5. The first-order chi connectivity index (χ1) is 9.28. The number of nitrogens with one attached hydrogen (secondary N) is 2. The molecule has 0 aliphatic heterocycles. The van der Waals surface area contributed by atoms with Gasteiger partial charge in [-0.25, -0.2) is 0 Å². The second-order valence-electron chi connectivity index (χ2n) is 4.17. The molecule has 0 saturated carbocycles. The van der Waals surface area contributed by atoms with Crippen molar-refractivity contribution < 1.29 is 0 Å². The SMILES string of the molecule is C=CCNc1cnnc(NCc2ccc(C)cc2)n1. The van der Waals surface area contributed by atoms with Gasteiger partial charge in [0.05, 0.1) is 6.20 Å². The molecule has 0 bridgehead atoms. The summed E-state index contributed by atoms with van der Waals surface area (Å²) in [6.07, 6.45) is 3.35. The van der Waals surface area contributed by atoms with Gasteiger partial charge in [0.1, 0.15) is 0 Å². The maximum absolute atomic E-state index is 4.30. The number of rotatable bonds is 6. The van der Waals surface area contributed by atoms with Gasteiger partial charge in [0.2, 0.25) is 5.95 Å². The van der Waals surface area contributed by atoms with E-state index in [9.17, 15) is 0 Å². The zero-order chi connectivity index (χ0) is 13.5. The van der Waals surface area contributed by atoms with Crippen LogP contribution >= 0.6 is 0 Å². The monoisotopic (exact) mass is 255 g/mol. The Balaban J connectivity index is 1.95. The number of aryl methyl sites for hydroxylation is 1. The van der Waals surface area contributed by atoms with E-state index in [-0.39, 0.29) is 0 Å². The Morgan fingerprint density at radius 1 is 1.21 bits per heavy atom. The van der Waals surface area contributed by atoms with Crippen LogP contribution in [0.1, 0.15) is 11.1 Å². The molecule has 0 unspecified atom stereocenters. The third-order valence-corrected chi connectivity index (χ3v) is 2.56. The largest absolute Gasteiger partial charge is 0.365 e. The van der Waals surface area contributed by atoms with E-state index < -0.39 is 0 Å². The molecule has 2 aromatic rings. The van der Waals surface area contributed by atoms with Crippen molar-refractivity contribution in [3.05, 3.63) is 54.2 Å². The summed E-state index contributed by atoms with van der Waals surface area (Å²) in [5, 5.41) is 14.0. The quantitative estimate of drug-likeness (QED) is 0.776. The van der Waals surface area contributed by atoms with Gasteiger partial charge in [0.25, 0.3) is 0 Å². The van der Waals surface area contributed by atoms with Gasteiger partial charge in [-0.05, 0) is 12.5 Å². The van der Waals surface area contributed by atoms with Crippen molar-refractivity contribution in [1.82, 2.24) is 15.2 Å². The molecule has 0 spiro atoms. The summed E-state index contributed by atoms with van der Waals surface area (Å²) in [6, 6.07) is 8.32. The standard InChI is InChI=1S/C14H17N5/c1-3-8-15-13-10-17-19-14(18-13)16-9-12-6-4-11(2)5-7-12/h3-7,10H,1,8-9H2,2H3,(H2,15,16,18,19). The molecule has 2 rings (SSSR count). The summed E-state index contributed by atoms with van der Waals surface area (Å²) in [4.78, 5) is 4.30. The molecule has 0 fully saturated rings. The fraction of sp³-hybridized carbons (Fsp3) is 0.214. The number of anilines is 2. The van der Waals surface area contributed by atoms with Crippen LogP contribution in [0.15, 0.2) is 43.1 Å². The first-order valence-corrected chi connectivity index (χ1v) is 6.12. The molecule has 5 heteroatoms. The molecule has 0 amide bonds. The summed E-state index contributed by atoms with van der Waals surface area (Å²) in [6.45, 7) is 7.03. The predicted octanol–water partition coefficient (Wildman–Crippen LogP) is 2.39. The minimum Gasteiger partial charge on any atom is -0.365 e. The summed E-state index contributed by atoms with van der Waals surface area (Å²) in [5.41, 5.74) is 2.43. The molecule has 0 aliphatic carbocycles. The van der Waals surface area contributed by atoms with Crippen LogP contribution in [0.25, 0.3) is 0 Å². The Morgan fingerprint density at radius 2 is 2.00 bits per heavy atom. The molecule has 2 N–H and O–H groups in total. The number of hydrogen-bond donors (Lipinski definition) is 2. The minimum absolute atomic E-state index is 0.509. The maximum Gasteiger partial charge on any atom is 0.244 e. The predicted molar refractivity (Wildman–Crippen MR) is 77.0 cm³/mol. The van der Waals surface area contributed by atoms with Gasteiger partial charge in [-0.2, -0.15) is 10.1 Å². The lowest BCUT2D eigenvalue weighted by Crippen LogP contribution is -2.08. The summed E-state index contributed by atoms with van der Waals surface area (Å²) in [5.74, 6) is 1.19. The third kappa shape index (κ3) is 4.06. The van der Waals surface area contributed by atoms with Crippen LogP contribution in [0.3, 0.4) is 0 Å². The first-order valence-electron chi connectivity index (χ1n) is 6.12. The average molecular weight is 255 g/mol. The van der Waals surface area contributed by atoms with Gasteiger partial charge in [-0.1, -0.05) is 35.9 Å². The van der Waals surface area contributed by atoms with Crippen molar-refractivity contribution in [2.45, 2.75) is 13.5 Å². The Bertz CT molecular complexity index is 536. The van der Waals surface area contributed by atoms with Crippen molar-refractivity contribution in [2.24, 2.45) is 0 Å². The second-order valence-corrected chi connectivity index (χ2v) is 4.17. The number of hydrogen-bond acceptors (Lipinski definition) is 5. The zero-order valence-corrected chi connectivity index (χ0v) is 10.9. The van der Waals surface area contributed by atoms with E-state index in [1.165, 1.54) is 11.1 Å². The molecule has 5 nitrogen and oxygen atoms in total. The Hall–Kier alpha value is -2.43. The van der Waals surface area contributed by atoms with Gasteiger partial charge in [-0.3, -0.25) is 0 Å². The van der Waals surface area contributed by atoms with Crippen LogP contribution < -0.4 is 10.6 Å². The van der Waals surface area contributed by atoms with E-state index in [4.69, 9.17) is 0 Å². The lowest BCUT2D eigenvalue weighted by atomic mass is 10.1. The van der Waals surface area contributed by atoms with E-state index in [0.29, 0.717) is 24.9 Å². The van der Waals surface area contributed by atoms with E-state index in [1.54, 1.807) is 12.3 Å². The molecule has 1 heterocycles. The normalized spacial score (nSPS) is 9.95. The number of aromatic nitrogens is 3. The topological polar surface area (TPSA) is 62.7 Å². The van der Waals surface area contributed by atoms with Gasteiger partial charge in [0.15, 0.2) is 5.82 Å². The second kappa shape index (κ2) is 6.49. The van der Waals surface area contributed by atoms with E-state index in [0.717, 1.165) is 0 Å². The van der Waals surface area contributed by atoms with Gasteiger partial charge in [0, 0.05) is 13.1 Å². The van der Waals surface area contributed by atoms with E-state index >= 15 is 0 Å². The summed E-state index contributed by atoms with van der Waals surface area (Å²) < 4.78 is 0. The molecule has 0 radical (unpaired) electrons. The smallest absolute Gasteiger partial charge is 0.244 e. The van der Waals surface area contributed by atoms with E-state index in [1.807, 2.05) is 0 Å². The lowest BCUT2D eigenvalue weighted by Gasteiger charge is -2.06. The molecule has 0 saturated heterocycles. The molecule has 1 aromatic carbocycles. The number of benzene rings is 1. The van der Waals surface area contributed by atoms with Crippen molar-refractivity contribution in [1.29, 1.82) is 0 Å². The molecule has 0 atom stereocenters. The highest BCUT2D eigenvalue weighted by Crippen LogP contribution is 2.07. The summed E-state index contributed by atoms with van der Waals surface area (Å²) in [7, 11) is 0.